The third-order valence-electron chi connectivity index (χ3n) is 5.21. The molecule has 5 nitrogen and oxygen atoms in total. The van der Waals surface area contributed by atoms with Gasteiger partial charge in [-0.25, -0.2) is 4.39 Å². The van der Waals surface area contributed by atoms with Crippen LogP contribution >= 0.6 is 0 Å². The highest BCUT2D eigenvalue weighted by atomic mass is 19.1. The van der Waals surface area contributed by atoms with Crippen LogP contribution in [-0.2, 0) is 16.0 Å². The van der Waals surface area contributed by atoms with E-state index in [4.69, 9.17) is 5.73 Å². The minimum absolute atomic E-state index is 0.0357. The number of hydrogen-bond acceptors (Lipinski definition) is 3. The fourth-order valence-corrected chi connectivity index (χ4v) is 3.90. The number of nitrogens with two attached hydrogens (primary N) is 1. The molecule has 0 radical (unpaired) electrons. The smallest absolute Gasteiger partial charge is 0.234 e. The van der Waals surface area contributed by atoms with Gasteiger partial charge in [0.15, 0.2) is 0 Å². The predicted octanol–water partition coefficient (Wildman–Crippen LogP) is 1.31. The topological polar surface area (TPSA) is 66.6 Å². The van der Waals surface area contributed by atoms with Crippen molar-refractivity contribution in [2.75, 3.05) is 19.6 Å². The highest BCUT2D eigenvalue weighted by Gasteiger charge is 2.36. The normalized spacial score (nSPS) is 22.7. The summed E-state index contributed by atoms with van der Waals surface area (Å²) in [5.41, 5.74) is 5.93. The number of primary amides is 1. The number of nitrogens with zero attached hydrogens (tertiary/aromatic N) is 2. The Morgan fingerprint density at radius 3 is 2.50 bits per heavy atom. The molecule has 2 heterocycles. The van der Waals surface area contributed by atoms with Crippen LogP contribution in [0.1, 0.15) is 31.2 Å². The van der Waals surface area contributed by atoms with Gasteiger partial charge in [-0.2, -0.15) is 0 Å². The number of piperidine rings is 1. The van der Waals surface area contributed by atoms with Crippen molar-refractivity contribution < 1.29 is 14.0 Å². The number of benzene rings is 1. The van der Waals surface area contributed by atoms with E-state index in [9.17, 15) is 14.0 Å². The van der Waals surface area contributed by atoms with Gasteiger partial charge in [-0.15, -0.1) is 0 Å². The van der Waals surface area contributed by atoms with E-state index in [0.29, 0.717) is 24.7 Å². The highest BCUT2D eigenvalue weighted by Crippen LogP contribution is 2.26. The lowest BCUT2D eigenvalue weighted by molar-refractivity contribution is -0.133. The number of hydrogen-bond donors (Lipinski definition) is 1. The number of rotatable bonds is 4. The van der Waals surface area contributed by atoms with E-state index >= 15 is 0 Å². The Hall–Kier alpha value is -1.95. The second-order valence-corrected chi connectivity index (χ2v) is 6.68. The summed E-state index contributed by atoms with van der Waals surface area (Å²) in [6.45, 7) is 2.21. The van der Waals surface area contributed by atoms with Gasteiger partial charge in [-0.05, 0) is 43.9 Å². The van der Waals surface area contributed by atoms with Crippen LogP contribution in [0.3, 0.4) is 0 Å². The van der Waals surface area contributed by atoms with Gasteiger partial charge in [0.2, 0.25) is 11.8 Å². The van der Waals surface area contributed by atoms with Gasteiger partial charge in [0.1, 0.15) is 5.82 Å². The summed E-state index contributed by atoms with van der Waals surface area (Å²) in [4.78, 5) is 27.9. The van der Waals surface area contributed by atoms with E-state index in [1.807, 2.05) is 0 Å². The van der Waals surface area contributed by atoms with Crippen LogP contribution < -0.4 is 5.73 Å². The first-order chi connectivity index (χ1) is 11.6. The van der Waals surface area contributed by atoms with Crippen molar-refractivity contribution in [1.29, 1.82) is 0 Å². The molecule has 0 aromatic heterocycles. The lowest BCUT2D eigenvalue weighted by Crippen LogP contribution is -2.51. The van der Waals surface area contributed by atoms with Crippen molar-refractivity contribution in [2.24, 2.45) is 5.73 Å². The number of carbonyl (C=O) groups excluding carboxylic acids is 2. The zero-order valence-corrected chi connectivity index (χ0v) is 13.8. The van der Waals surface area contributed by atoms with Crippen molar-refractivity contribution in [2.45, 2.75) is 44.2 Å². The maximum atomic E-state index is 13.7. The molecule has 2 N–H and O–H groups in total. The van der Waals surface area contributed by atoms with Crippen LogP contribution in [-0.4, -0.2) is 53.3 Å². The molecule has 2 amide bonds. The molecule has 1 atom stereocenters. The second kappa shape index (κ2) is 7.30. The van der Waals surface area contributed by atoms with Crippen LogP contribution in [0.15, 0.2) is 24.3 Å². The van der Waals surface area contributed by atoms with Crippen molar-refractivity contribution in [3.8, 4) is 0 Å². The molecular formula is C18H24FN3O2. The van der Waals surface area contributed by atoms with Crippen LogP contribution in [0, 0.1) is 5.82 Å². The molecule has 0 spiro atoms. The first-order valence-corrected chi connectivity index (χ1v) is 8.62. The van der Waals surface area contributed by atoms with Gasteiger partial charge in [-0.3, -0.25) is 14.5 Å². The molecule has 0 bridgehead atoms. The average molecular weight is 333 g/mol. The third kappa shape index (κ3) is 3.59. The summed E-state index contributed by atoms with van der Waals surface area (Å²) in [6.07, 6.45) is 3.62. The Kier molecular flexibility index (Phi) is 5.14. The Balaban J connectivity index is 1.54. The van der Waals surface area contributed by atoms with E-state index in [1.54, 1.807) is 23.1 Å². The van der Waals surface area contributed by atoms with Crippen LogP contribution in [0.2, 0.25) is 0 Å². The molecule has 2 aliphatic rings. The number of likely N-dealkylation sites (tertiary alicyclic amines) is 2. The van der Waals surface area contributed by atoms with Crippen LogP contribution in [0.4, 0.5) is 4.39 Å². The van der Waals surface area contributed by atoms with Crippen molar-refractivity contribution in [1.82, 2.24) is 9.80 Å². The maximum Gasteiger partial charge on any atom is 0.234 e. The lowest BCUT2D eigenvalue weighted by Gasteiger charge is -2.38. The molecule has 1 aromatic carbocycles. The lowest BCUT2D eigenvalue weighted by atomic mass is 10.0. The van der Waals surface area contributed by atoms with Gasteiger partial charge >= 0.3 is 0 Å². The number of amides is 2. The minimum atomic E-state index is -0.331. The Morgan fingerprint density at radius 1 is 1.12 bits per heavy atom. The standard InChI is InChI=1S/C18H24FN3O2/c19-15-5-2-1-4-13(15)12-17(23)21-10-7-14(8-11-21)22-9-3-6-16(22)18(20)24/h1-2,4-5,14,16H,3,6-12H2,(H2,20,24)/t16-/m1/s1. The van der Waals surface area contributed by atoms with E-state index in [2.05, 4.69) is 4.90 Å². The molecule has 24 heavy (non-hydrogen) atoms. The molecule has 130 valence electrons. The van der Waals surface area contributed by atoms with Crippen molar-refractivity contribution in [3.63, 3.8) is 0 Å². The van der Waals surface area contributed by atoms with Crippen molar-refractivity contribution >= 4 is 11.8 Å². The summed E-state index contributed by atoms with van der Waals surface area (Å²) in [5.74, 6) is -0.612. The fraction of sp³-hybridized carbons (Fsp3) is 0.556. The largest absolute Gasteiger partial charge is 0.368 e. The molecular weight excluding hydrogens is 309 g/mol. The van der Waals surface area contributed by atoms with Crippen molar-refractivity contribution in [3.05, 3.63) is 35.6 Å². The molecule has 6 heteroatoms. The Labute approximate surface area is 141 Å². The van der Waals surface area contributed by atoms with Gasteiger partial charge in [0, 0.05) is 19.1 Å². The van der Waals surface area contributed by atoms with Gasteiger partial charge in [0.05, 0.1) is 12.5 Å². The zero-order chi connectivity index (χ0) is 17.1. The number of halogens is 1. The summed E-state index contributed by atoms with van der Waals surface area (Å²) in [6, 6.07) is 6.56. The first-order valence-electron chi connectivity index (χ1n) is 8.62. The SMILES string of the molecule is NC(=O)[C@H]1CCCN1C1CCN(C(=O)Cc2ccccc2F)CC1. The molecule has 0 unspecified atom stereocenters. The summed E-state index contributed by atoms with van der Waals surface area (Å²) >= 11 is 0. The molecule has 1 aromatic rings. The molecule has 2 saturated heterocycles. The molecule has 2 fully saturated rings. The summed E-state index contributed by atoms with van der Waals surface area (Å²) in [7, 11) is 0. The fourth-order valence-electron chi connectivity index (χ4n) is 3.90. The molecule has 2 aliphatic heterocycles. The Morgan fingerprint density at radius 2 is 1.83 bits per heavy atom. The van der Waals surface area contributed by atoms with E-state index in [-0.39, 0.29) is 30.1 Å². The molecule has 3 rings (SSSR count). The van der Waals surface area contributed by atoms with Gasteiger partial charge < -0.3 is 10.6 Å². The van der Waals surface area contributed by atoms with E-state index in [1.165, 1.54) is 6.07 Å². The zero-order valence-electron chi connectivity index (χ0n) is 13.8. The second-order valence-electron chi connectivity index (χ2n) is 6.68. The molecule has 0 saturated carbocycles. The van der Waals surface area contributed by atoms with Gasteiger partial charge in [0.25, 0.3) is 0 Å². The summed E-state index contributed by atoms with van der Waals surface area (Å²) < 4.78 is 13.7. The van der Waals surface area contributed by atoms with E-state index in [0.717, 1.165) is 32.2 Å². The summed E-state index contributed by atoms with van der Waals surface area (Å²) in [5, 5.41) is 0. The quantitative estimate of drug-likeness (QED) is 0.903. The third-order valence-corrected chi connectivity index (χ3v) is 5.21. The van der Waals surface area contributed by atoms with Crippen LogP contribution in [0.25, 0.3) is 0 Å². The first kappa shape index (κ1) is 16.9. The van der Waals surface area contributed by atoms with E-state index < -0.39 is 0 Å². The maximum absolute atomic E-state index is 13.7. The minimum Gasteiger partial charge on any atom is -0.368 e. The average Bonchev–Trinajstić information content (AvgIpc) is 3.07. The Bertz CT molecular complexity index is 614. The molecule has 0 aliphatic carbocycles. The number of carbonyl (C=O) groups is 2. The monoisotopic (exact) mass is 333 g/mol. The van der Waals surface area contributed by atoms with Crippen LogP contribution in [0.5, 0.6) is 0 Å². The van der Waals surface area contributed by atoms with Gasteiger partial charge in [-0.1, -0.05) is 18.2 Å². The predicted molar refractivity (Wildman–Crippen MR) is 88.6 cm³/mol. The highest BCUT2D eigenvalue weighted by molar-refractivity contribution is 5.80.